The first-order valence-corrected chi connectivity index (χ1v) is 8.73. The first-order chi connectivity index (χ1) is 10.4. The minimum absolute atomic E-state index is 0. The Bertz CT molecular complexity index is 303. The molecule has 2 N–H and O–H groups in total. The molecule has 1 heterocycles. The SMILES string of the molecule is CCNC(=NCCCCN1CCOCC1)NC1CCCC1.I. The van der Waals surface area contributed by atoms with E-state index in [-0.39, 0.29) is 24.0 Å². The number of morpholine rings is 1. The molecule has 0 bridgehead atoms. The van der Waals surface area contributed by atoms with Crippen molar-refractivity contribution in [1.29, 1.82) is 0 Å². The number of guanidine groups is 1. The van der Waals surface area contributed by atoms with Crippen molar-refractivity contribution in [2.24, 2.45) is 4.99 Å². The topological polar surface area (TPSA) is 48.9 Å². The van der Waals surface area contributed by atoms with E-state index in [0.29, 0.717) is 6.04 Å². The van der Waals surface area contributed by atoms with Crippen LogP contribution in [0, 0.1) is 0 Å². The van der Waals surface area contributed by atoms with Gasteiger partial charge in [0, 0.05) is 32.2 Å². The van der Waals surface area contributed by atoms with Gasteiger partial charge in [0.1, 0.15) is 0 Å². The van der Waals surface area contributed by atoms with E-state index in [1.165, 1.54) is 45.1 Å². The average molecular weight is 424 g/mol. The summed E-state index contributed by atoms with van der Waals surface area (Å²) in [7, 11) is 0. The minimum atomic E-state index is 0. The average Bonchev–Trinajstić information content (AvgIpc) is 3.01. The molecule has 130 valence electrons. The number of unbranched alkanes of at least 4 members (excludes halogenated alkanes) is 1. The van der Waals surface area contributed by atoms with Gasteiger partial charge in [-0.15, -0.1) is 24.0 Å². The molecule has 1 saturated heterocycles. The molecule has 1 aliphatic heterocycles. The van der Waals surface area contributed by atoms with Gasteiger partial charge in [-0.25, -0.2) is 0 Å². The molecule has 2 fully saturated rings. The molecule has 1 saturated carbocycles. The van der Waals surface area contributed by atoms with Crippen molar-refractivity contribution in [3.8, 4) is 0 Å². The number of hydrogen-bond acceptors (Lipinski definition) is 3. The number of nitrogens with one attached hydrogen (secondary N) is 2. The highest BCUT2D eigenvalue weighted by molar-refractivity contribution is 14.0. The lowest BCUT2D eigenvalue weighted by Gasteiger charge is -2.26. The van der Waals surface area contributed by atoms with Gasteiger partial charge in [0.25, 0.3) is 0 Å². The second-order valence-electron chi connectivity index (χ2n) is 6.05. The van der Waals surface area contributed by atoms with Crippen LogP contribution >= 0.6 is 24.0 Å². The van der Waals surface area contributed by atoms with Crippen LogP contribution < -0.4 is 10.6 Å². The molecule has 0 radical (unpaired) electrons. The van der Waals surface area contributed by atoms with Crippen molar-refractivity contribution in [3.05, 3.63) is 0 Å². The fourth-order valence-electron chi connectivity index (χ4n) is 3.05. The van der Waals surface area contributed by atoms with Crippen LogP contribution in [0.5, 0.6) is 0 Å². The van der Waals surface area contributed by atoms with Crippen molar-refractivity contribution >= 4 is 29.9 Å². The zero-order valence-corrected chi connectivity index (χ0v) is 16.3. The Morgan fingerprint density at radius 1 is 1.18 bits per heavy atom. The Morgan fingerprint density at radius 3 is 2.59 bits per heavy atom. The first-order valence-electron chi connectivity index (χ1n) is 8.73. The van der Waals surface area contributed by atoms with Crippen molar-refractivity contribution in [2.45, 2.75) is 51.5 Å². The number of nitrogens with zero attached hydrogens (tertiary/aromatic N) is 2. The summed E-state index contributed by atoms with van der Waals surface area (Å²) in [5.74, 6) is 1.01. The molecule has 2 aliphatic rings. The Kier molecular flexibility index (Phi) is 11.2. The monoisotopic (exact) mass is 424 g/mol. The maximum Gasteiger partial charge on any atom is 0.191 e. The van der Waals surface area contributed by atoms with Crippen molar-refractivity contribution in [1.82, 2.24) is 15.5 Å². The smallest absolute Gasteiger partial charge is 0.191 e. The van der Waals surface area contributed by atoms with Crippen LogP contribution in [-0.2, 0) is 4.74 Å². The van der Waals surface area contributed by atoms with Crippen molar-refractivity contribution in [2.75, 3.05) is 45.9 Å². The lowest BCUT2D eigenvalue weighted by atomic mass is 10.2. The zero-order valence-electron chi connectivity index (χ0n) is 14.0. The van der Waals surface area contributed by atoms with E-state index in [4.69, 9.17) is 9.73 Å². The van der Waals surface area contributed by atoms with E-state index in [9.17, 15) is 0 Å². The Morgan fingerprint density at radius 2 is 1.91 bits per heavy atom. The summed E-state index contributed by atoms with van der Waals surface area (Å²) in [5.41, 5.74) is 0. The summed E-state index contributed by atoms with van der Waals surface area (Å²) in [5, 5.41) is 6.93. The second kappa shape index (κ2) is 12.4. The Hall–Kier alpha value is -0.0800. The predicted octanol–water partition coefficient (Wildman–Crippen LogP) is 2.21. The molecular formula is C16H33IN4O. The fraction of sp³-hybridized carbons (Fsp3) is 0.938. The molecule has 22 heavy (non-hydrogen) atoms. The van der Waals surface area contributed by atoms with E-state index in [1.807, 2.05) is 0 Å². The Balaban J connectivity index is 0.00000242. The molecule has 6 heteroatoms. The quantitative estimate of drug-likeness (QED) is 0.285. The molecule has 2 rings (SSSR count). The van der Waals surface area contributed by atoms with Crippen LogP contribution in [-0.4, -0.2) is 62.8 Å². The highest BCUT2D eigenvalue weighted by Gasteiger charge is 2.15. The number of aliphatic imine (C=N–C) groups is 1. The van der Waals surface area contributed by atoms with E-state index < -0.39 is 0 Å². The third kappa shape index (κ3) is 7.97. The largest absolute Gasteiger partial charge is 0.379 e. The lowest BCUT2D eigenvalue weighted by Crippen LogP contribution is -2.42. The maximum atomic E-state index is 5.37. The first kappa shape index (κ1) is 20.0. The van der Waals surface area contributed by atoms with Gasteiger partial charge in [0.2, 0.25) is 0 Å². The third-order valence-corrected chi connectivity index (χ3v) is 4.30. The van der Waals surface area contributed by atoms with Crippen LogP contribution in [0.4, 0.5) is 0 Å². The van der Waals surface area contributed by atoms with E-state index >= 15 is 0 Å². The summed E-state index contributed by atoms with van der Waals surface area (Å²) in [6.45, 7) is 9.15. The predicted molar refractivity (Wildman–Crippen MR) is 103 cm³/mol. The lowest BCUT2D eigenvalue weighted by molar-refractivity contribution is 0.0373. The summed E-state index contributed by atoms with van der Waals surface area (Å²) in [6, 6.07) is 0.635. The van der Waals surface area contributed by atoms with Gasteiger partial charge < -0.3 is 15.4 Å². The maximum absolute atomic E-state index is 5.37. The zero-order chi connectivity index (χ0) is 14.8. The second-order valence-corrected chi connectivity index (χ2v) is 6.05. The normalized spacial score (nSPS) is 20.7. The summed E-state index contributed by atoms with van der Waals surface area (Å²) in [4.78, 5) is 7.21. The van der Waals surface area contributed by atoms with Crippen LogP contribution in [0.25, 0.3) is 0 Å². The highest BCUT2D eigenvalue weighted by Crippen LogP contribution is 2.17. The van der Waals surface area contributed by atoms with Gasteiger partial charge in [0.05, 0.1) is 13.2 Å². The van der Waals surface area contributed by atoms with Gasteiger partial charge in [0.15, 0.2) is 5.96 Å². The third-order valence-electron chi connectivity index (χ3n) is 4.30. The standard InChI is InChI=1S/C16H32N4O.HI/c1-2-17-16(19-15-7-3-4-8-15)18-9-5-6-10-20-11-13-21-14-12-20;/h15H,2-14H2,1H3,(H2,17,18,19);1H. The van der Waals surface area contributed by atoms with Crippen LogP contribution in [0.1, 0.15) is 45.4 Å². The molecule has 5 nitrogen and oxygen atoms in total. The number of rotatable bonds is 7. The fourth-order valence-corrected chi connectivity index (χ4v) is 3.05. The van der Waals surface area contributed by atoms with E-state index in [1.54, 1.807) is 0 Å². The van der Waals surface area contributed by atoms with Gasteiger partial charge >= 0.3 is 0 Å². The molecule has 0 aromatic rings. The number of halogens is 1. The van der Waals surface area contributed by atoms with Gasteiger partial charge in [-0.1, -0.05) is 12.8 Å². The summed E-state index contributed by atoms with van der Waals surface area (Å²) >= 11 is 0. The van der Waals surface area contributed by atoms with Crippen LogP contribution in [0.15, 0.2) is 4.99 Å². The molecule has 1 aliphatic carbocycles. The minimum Gasteiger partial charge on any atom is -0.379 e. The van der Waals surface area contributed by atoms with Gasteiger partial charge in [-0.05, 0) is 39.2 Å². The van der Waals surface area contributed by atoms with E-state index in [0.717, 1.165) is 45.4 Å². The number of ether oxygens (including phenoxy) is 1. The number of hydrogen-bond donors (Lipinski definition) is 2. The van der Waals surface area contributed by atoms with Gasteiger partial charge in [-0.3, -0.25) is 9.89 Å². The van der Waals surface area contributed by atoms with Crippen molar-refractivity contribution < 1.29 is 4.74 Å². The van der Waals surface area contributed by atoms with E-state index in [2.05, 4.69) is 22.5 Å². The van der Waals surface area contributed by atoms with Crippen LogP contribution in [0.2, 0.25) is 0 Å². The molecule has 0 spiro atoms. The van der Waals surface area contributed by atoms with Crippen LogP contribution in [0.3, 0.4) is 0 Å². The molecule has 0 atom stereocenters. The summed E-state index contributed by atoms with van der Waals surface area (Å²) in [6.07, 6.45) is 7.70. The Labute approximate surface area is 152 Å². The molecule has 0 aromatic carbocycles. The molecular weight excluding hydrogens is 391 g/mol. The van der Waals surface area contributed by atoms with Crippen molar-refractivity contribution in [3.63, 3.8) is 0 Å². The molecule has 0 unspecified atom stereocenters. The summed E-state index contributed by atoms with van der Waals surface area (Å²) < 4.78 is 5.37. The molecule has 0 aromatic heterocycles. The molecule has 0 amide bonds. The van der Waals surface area contributed by atoms with Gasteiger partial charge in [-0.2, -0.15) is 0 Å². The highest BCUT2D eigenvalue weighted by atomic mass is 127.